The Morgan fingerprint density at radius 2 is 2.11 bits per heavy atom. The molecule has 0 N–H and O–H groups in total. The lowest BCUT2D eigenvalue weighted by Gasteiger charge is -2.03. The quantitative estimate of drug-likeness (QED) is 0.513. The minimum absolute atomic E-state index is 0.107. The first kappa shape index (κ1) is 6.53. The average molecular weight is 128 g/mol. The molecule has 1 heterocycles. The molecule has 3 nitrogen and oxygen atoms in total. The molecule has 1 aliphatic heterocycles. The smallest absolute Gasteiger partial charge is 0.158 e. The molecule has 0 saturated carbocycles. The van der Waals surface area contributed by atoms with Gasteiger partial charge >= 0.3 is 0 Å². The molecule has 1 aliphatic rings. The Labute approximate surface area is 54.2 Å². The van der Waals surface area contributed by atoms with Crippen LogP contribution in [0.3, 0.4) is 0 Å². The van der Waals surface area contributed by atoms with Gasteiger partial charge < -0.3 is 9.47 Å². The van der Waals surface area contributed by atoms with Gasteiger partial charge in [-0.3, -0.25) is 0 Å². The highest BCUT2D eigenvalue weighted by molar-refractivity contribution is 4.70. The predicted octanol–water partition coefficient (Wildman–Crippen LogP) is 0.663. The SMILES string of the molecule is N#CC[13CH2]C1OCCO1. The van der Waals surface area contributed by atoms with Gasteiger partial charge in [0, 0.05) is 12.8 Å². The number of hydrogen-bond donors (Lipinski definition) is 0. The van der Waals surface area contributed by atoms with Gasteiger partial charge in [0.25, 0.3) is 0 Å². The zero-order chi connectivity index (χ0) is 6.53. The third-order valence-electron chi connectivity index (χ3n) is 1.18. The molecule has 0 spiro atoms. The van der Waals surface area contributed by atoms with Crippen LogP contribution >= 0.6 is 0 Å². The number of rotatable bonds is 2. The minimum Gasteiger partial charge on any atom is -0.350 e. The average Bonchev–Trinajstić information content (AvgIpc) is 2.34. The molecular formula is C6H9NO2. The second-order valence-corrected chi connectivity index (χ2v) is 1.87. The van der Waals surface area contributed by atoms with Gasteiger partial charge in [-0.15, -0.1) is 0 Å². The second kappa shape index (κ2) is 3.44. The zero-order valence-corrected chi connectivity index (χ0v) is 5.17. The molecule has 0 bridgehead atoms. The molecule has 3 heteroatoms. The summed E-state index contributed by atoms with van der Waals surface area (Å²) in [6.45, 7) is 1.35. The van der Waals surface area contributed by atoms with Gasteiger partial charge in [0.15, 0.2) is 6.29 Å². The molecule has 0 aromatic rings. The Bertz CT molecular complexity index is 113. The standard InChI is InChI=1S/C6H9NO2/c7-3-1-2-6-8-4-5-9-6/h6H,1-2,4-5H2/i2+1. The fourth-order valence-electron chi connectivity index (χ4n) is 0.756. The summed E-state index contributed by atoms with van der Waals surface area (Å²) >= 11 is 0. The van der Waals surface area contributed by atoms with Crippen LogP contribution in [-0.2, 0) is 9.47 Å². The largest absolute Gasteiger partial charge is 0.350 e. The van der Waals surface area contributed by atoms with E-state index in [0.29, 0.717) is 26.1 Å². The molecule has 50 valence electrons. The third-order valence-corrected chi connectivity index (χ3v) is 1.18. The number of nitriles is 1. The zero-order valence-electron chi connectivity index (χ0n) is 5.17. The molecule has 0 radical (unpaired) electrons. The van der Waals surface area contributed by atoms with Crippen LogP contribution in [0.4, 0.5) is 0 Å². The second-order valence-electron chi connectivity index (χ2n) is 1.87. The van der Waals surface area contributed by atoms with Crippen molar-refractivity contribution in [3.63, 3.8) is 0 Å². The Morgan fingerprint density at radius 3 is 2.67 bits per heavy atom. The van der Waals surface area contributed by atoms with Crippen LogP contribution in [0, 0.1) is 11.3 Å². The van der Waals surface area contributed by atoms with Crippen molar-refractivity contribution in [1.29, 1.82) is 5.26 Å². The summed E-state index contributed by atoms with van der Waals surface area (Å²) in [6.07, 6.45) is 1.12. The van der Waals surface area contributed by atoms with E-state index >= 15 is 0 Å². The lowest BCUT2D eigenvalue weighted by Crippen LogP contribution is -2.05. The monoisotopic (exact) mass is 128 g/mol. The number of hydrogen-bond acceptors (Lipinski definition) is 3. The van der Waals surface area contributed by atoms with E-state index in [4.69, 9.17) is 14.7 Å². The Balaban J connectivity index is 2.06. The van der Waals surface area contributed by atoms with Gasteiger partial charge in [-0.1, -0.05) is 0 Å². The van der Waals surface area contributed by atoms with E-state index in [9.17, 15) is 0 Å². The maximum atomic E-state index is 8.17. The summed E-state index contributed by atoms with van der Waals surface area (Å²) in [5.74, 6) is 0. The summed E-state index contributed by atoms with van der Waals surface area (Å²) in [6, 6.07) is 2.03. The van der Waals surface area contributed by atoms with E-state index in [2.05, 4.69) is 0 Å². The highest BCUT2D eigenvalue weighted by atomic mass is 16.7. The Kier molecular flexibility index (Phi) is 2.49. The maximum absolute atomic E-state index is 8.17. The molecule has 9 heavy (non-hydrogen) atoms. The van der Waals surface area contributed by atoms with Crippen LogP contribution in [0.1, 0.15) is 12.8 Å². The van der Waals surface area contributed by atoms with Crippen molar-refractivity contribution in [2.75, 3.05) is 13.2 Å². The van der Waals surface area contributed by atoms with Crippen molar-refractivity contribution < 1.29 is 9.47 Å². The summed E-state index contributed by atoms with van der Waals surface area (Å²) in [4.78, 5) is 0. The van der Waals surface area contributed by atoms with Crippen molar-refractivity contribution in [3.05, 3.63) is 0 Å². The first-order valence-electron chi connectivity index (χ1n) is 3.03. The van der Waals surface area contributed by atoms with Crippen LogP contribution < -0.4 is 0 Å². The predicted molar refractivity (Wildman–Crippen MR) is 30.5 cm³/mol. The maximum Gasteiger partial charge on any atom is 0.158 e. The Morgan fingerprint density at radius 1 is 1.44 bits per heavy atom. The van der Waals surface area contributed by atoms with E-state index in [1.807, 2.05) is 6.07 Å². The molecule has 0 aromatic carbocycles. The van der Waals surface area contributed by atoms with Crippen LogP contribution in [0.25, 0.3) is 0 Å². The molecule has 0 unspecified atom stereocenters. The molecule has 0 aliphatic carbocycles. The molecule has 0 amide bonds. The molecule has 0 atom stereocenters. The van der Waals surface area contributed by atoms with Gasteiger partial charge in [0.2, 0.25) is 0 Å². The molecule has 0 aromatic heterocycles. The fraction of sp³-hybridized carbons (Fsp3) is 0.833. The molecule has 1 fully saturated rings. The summed E-state index contributed by atoms with van der Waals surface area (Å²) in [5.41, 5.74) is 0. The number of nitrogens with zero attached hydrogens (tertiary/aromatic N) is 1. The highest BCUT2D eigenvalue weighted by Crippen LogP contribution is 2.08. The highest BCUT2D eigenvalue weighted by Gasteiger charge is 2.14. The summed E-state index contributed by atoms with van der Waals surface area (Å²) < 4.78 is 10.2. The van der Waals surface area contributed by atoms with E-state index in [1.54, 1.807) is 0 Å². The minimum atomic E-state index is -0.107. The molecular weight excluding hydrogens is 119 g/mol. The third kappa shape index (κ3) is 2.00. The van der Waals surface area contributed by atoms with Crippen molar-refractivity contribution in [1.82, 2.24) is 0 Å². The topological polar surface area (TPSA) is 42.2 Å². The van der Waals surface area contributed by atoms with Crippen molar-refractivity contribution in [2.45, 2.75) is 19.1 Å². The van der Waals surface area contributed by atoms with Crippen LogP contribution in [-0.4, -0.2) is 19.5 Å². The van der Waals surface area contributed by atoms with E-state index in [-0.39, 0.29) is 6.29 Å². The first-order chi connectivity index (χ1) is 4.43. The van der Waals surface area contributed by atoms with Gasteiger partial charge in [-0.05, 0) is 0 Å². The lowest BCUT2D eigenvalue weighted by atomic mass is 10.6. The molecule has 1 saturated heterocycles. The van der Waals surface area contributed by atoms with Gasteiger partial charge in [-0.25, -0.2) is 0 Å². The normalized spacial score (nSPS) is 19.9. The van der Waals surface area contributed by atoms with Gasteiger partial charge in [0.05, 0.1) is 19.3 Å². The van der Waals surface area contributed by atoms with Crippen LogP contribution in [0.15, 0.2) is 0 Å². The van der Waals surface area contributed by atoms with Crippen molar-refractivity contribution >= 4 is 0 Å². The van der Waals surface area contributed by atoms with Crippen LogP contribution in [0.5, 0.6) is 0 Å². The number of ether oxygens (including phenoxy) is 2. The summed E-state index contributed by atoms with van der Waals surface area (Å²) in [7, 11) is 0. The van der Waals surface area contributed by atoms with E-state index in [1.165, 1.54) is 0 Å². The van der Waals surface area contributed by atoms with Crippen LogP contribution in [0.2, 0.25) is 0 Å². The van der Waals surface area contributed by atoms with Gasteiger partial charge in [-0.2, -0.15) is 5.26 Å². The summed E-state index contributed by atoms with van der Waals surface area (Å²) in [5, 5.41) is 8.17. The van der Waals surface area contributed by atoms with Crippen molar-refractivity contribution in [2.24, 2.45) is 0 Å². The first-order valence-corrected chi connectivity index (χ1v) is 3.03. The van der Waals surface area contributed by atoms with E-state index in [0.717, 1.165) is 0 Å². The molecule has 1 rings (SSSR count). The fourth-order valence-corrected chi connectivity index (χ4v) is 0.756. The van der Waals surface area contributed by atoms with Crippen molar-refractivity contribution in [3.8, 4) is 6.07 Å². The lowest BCUT2D eigenvalue weighted by molar-refractivity contribution is -0.0454. The van der Waals surface area contributed by atoms with Gasteiger partial charge in [0.1, 0.15) is 0 Å². The Hall–Kier alpha value is -0.590. The van der Waals surface area contributed by atoms with E-state index < -0.39 is 0 Å².